The Labute approximate surface area is 241 Å². The van der Waals surface area contributed by atoms with Crippen molar-refractivity contribution in [1.82, 2.24) is 0 Å². The first-order valence-corrected chi connectivity index (χ1v) is 14.4. The van der Waals surface area contributed by atoms with Crippen molar-refractivity contribution in [2.45, 2.75) is 0 Å². The largest absolute Gasteiger partial charge is 0.456 e. The summed E-state index contributed by atoms with van der Waals surface area (Å²) in [6, 6.07) is 47.6. The van der Waals surface area contributed by atoms with Crippen LogP contribution in [0.1, 0.15) is 0 Å². The van der Waals surface area contributed by atoms with Crippen LogP contribution in [-0.4, -0.2) is 0 Å². The van der Waals surface area contributed by atoms with Gasteiger partial charge < -0.3 is 8.83 Å². The fraction of sp³-hybridized carbons (Fsp3) is 0. The molecular weight excluding hydrogens is 512 g/mol. The van der Waals surface area contributed by atoms with Gasteiger partial charge in [-0.15, -0.1) is 0 Å². The van der Waals surface area contributed by atoms with Gasteiger partial charge in [-0.25, -0.2) is 0 Å². The van der Waals surface area contributed by atoms with Gasteiger partial charge in [0.2, 0.25) is 0 Å². The smallest absolute Gasteiger partial charge is 0.136 e. The summed E-state index contributed by atoms with van der Waals surface area (Å²) in [6.45, 7) is 0. The van der Waals surface area contributed by atoms with Crippen molar-refractivity contribution in [2.24, 2.45) is 0 Å². The quantitative estimate of drug-likeness (QED) is 0.220. The Morgan fingerprint density at radius 3 is 1.62 bits per heavy atom. The Hall–Kier alpha value is -5.60. The molecule has 0 radical (unpaired) electrons. The van der Waals surface area contributed by atoms with Crippen LogP contribution in [0.15, 0.2) is 142 Å². The van der Waals surface area contributed by atoms with E-state index in [2.05, 4.69) is 121 Å². The van der Waals surface area contributed by atoms with E-state index in [1.807, 2.05) is 12.1 Å². The normalized spacial score (nSPS) is 12.3. The molecule has 2 heterocycles. The molecule has 2 heteroatoms. The molecule has 9 aromatic rings. The molecule has 2 nitrogen and oxygen atoms in total. The maximum atomic E-state index is 6.45. The number of rotatable bonds is 2. The zero-order valence-corrected chi connectivity index (χ0v) is 22.5. The minimum absolute atomic E-state index is 0.892. The molecule has 0 fully saturated rings. The second kappa shape index (κ2) is 7.99. The number of hydrogen-bond donors (Lipinski definition) is 0. The van der Waals surface area contributed by atoms with Crippen LogP contribution < -0.4 is 0 Å². The van der Waals surface area contributed by atoms with E-state index in [1.165, 1.54) is 44.2 Å². The Kier molecular flexibility index (Phi) is 4.21. The molecule has 1 aliphatic carbocycles. The van der Waals surface area contributed by atoms with E-state index >= 15 is 0 Å². The van der Waals surface area contributed by atoms with Crippen molar-refractivity contribution in [3.63, 3.8) is 0 Å². The van der Waals surface area contributed by atoms with E-state index in [9.17, 15) is 0 Å². The van der Waals surface area contributed by atoms with Gasteiger partial charge in [0.15, 0.2) is 0 Å². The van der Waals surface area contributed by atoms with Gasteiger partial charge >= 0.3 is 0 Å². The van der Waals surface area contributed by atoms with Crippen molar-refractivity contribution in [2.75, 3.05) is 0 Å². The summed E-state index contributed by atoms with van der Waals surface area (Å²) in [5, 5.41) is 7.15. The number of furan rings is 2. The van der Waals surface area contributed by atoms with Crippen molar-refractivity contribution < 1.29 is 8.83 Å². The third-order valence-electron chi connectivity index (χ3n) is 9.05. The molecular formula is C40H22O2. The maximum absolute atomic E-state index is 6.45. The predicted octanol–water partition coefficient (Wildman–Crippen LogP) is 11.6. The molecule has 42 heavy (non-hydrogen) atoms. The Morgan fingerprint density at radius 2 is 0.810 bits per heavy atom. The summed E-state index contributed by atoms with van der Waals surface area (Å²) < 4.78 is 12.7. The fourth-order valence-electron chi connectivity index (χ4n) is 7.28. The number of fused-ring (bicyclic) bond motifs is 9. The van der Waals surface area contributed by atoms with Gasteiger partial charge in [-0.1, -0.05) is 103 Å². The van der Waals surface area contributed by atoms with Gasteiger partial charge in [0.25, 0.3) is 0 Å². The second-order valence-corrected chi connectivity index (χ2v) is 11.2. The first kappa shape index (κ1) is 22.1. The van der Waals surface area contributed by atoms with Crippen LogP contribution in [0.25, 0.3) is 99.2 Å². The fourth-order valence-corrected chi connectivity index (χ4v) is 7.28. The van der Waals surface area contributed by atoms with Gasteiger partial charge in [0, 0.05) is 21.5 Å². The molecule has 0 spiro atoms. The lowest BCUT2D eigenvalue weighted by Crippen LogP contribution is -1.85. The lowest BCUT2D eigenvalue weighted by atomic mass is 9.91. The van der Waals surface area contributed by atoms with Crippen LogP contribution in [-0.2, 0) is 0 Å². The summed E-state index contributed by atoms with van der Waals surface area (Å²) in [5.74, 6) is 0. The summed E-state index contributed by atoms with van der Waals surface area (Å²) in [7, 11) is 0. The molecule has 0 bridgehead atoms. The maximum Gasteiger partial charge on any atom is 0.136 e. The molecule has 0 saturated heterocycles. The average Bonchev–Trinajstić information content (AvgIpc) is 3.72. The van der Waals surface area contributed by atoms with E-state index in [0.29, 0.717) is 0 Å². The lowest BCUT2D eigenvalue weighted by Gasteiger charge is -2.11. The van der Waals surface area contributed by atoms with Crippen LogP contribution in [0.2, 0.25) is 0 Å². The van der Waals surface area contributed by atoms with Gasteiger partial charge in [-0.3, -0.25) is 0 Å². The third kappa shape index (κ3) is 2.83. The summed E-state index contributed by atoms with van der Waals surface area (Å²) >= 11 is 0. The molecule has 0 amide bonds. The van der Waals surface area contributed by atoms with Crippen LogP contribution in [0.3, 0.4) is 0 Å². The molecule has 0 N–H and O–H groups in total. The van der Waals surface area contributed by atoms with Gasteiger partial charge in [-0.2, -0.15) is 0 Å². The summed E-state index contributed by atoms with van der Waals surface area (Å²) in [4.78, 5) is 0. The summed E-state index contributed by atoms with van der Waals surface area (Å²) in [6.07, 6.45) is 0. The molecule has 10 rings (SSSR count). The van der Waals surface area contributed by atoms with E-state index in [1.54, 1.807) is 0 Å². The molecule has 0 atom stereocenters. The third-order valence-corrected chi connectivity index (χ3v) is 9.05. The second-order valence-electron chi connectivity index (χ2n) is 11.2. The Balaban J connectivity index is 1.25. The van der Waals surface area contributed by atoms with Crippen molar-refractivity contribution >= 4 is 54.6 Å². The zero-order chi connectivity index (χ0) is 27.4. The van der Waals surface area contributed by atoms with Gasteiger partial charge in [0.1, 0.15) is 22.3 Å². The van der Waals surface area contributed by atoms with E-state index < -0.39 is 0 Å². The molecule has 0 unspecified atom stereocenters. The monoisotopic (exact) mass is 534 g/mol. The zero-order valence-electron chi connectivity index (χ0n) is 22.5. The molecule has 0 aliphatic heterocycles. The van der Waals surface area contributed by atoms with Crippen LogP contribution in [0, 0.1) is 0 Å². The van der Waals surface area contributed by atoms with Crippen molar-refractivity contribution in [1.29, 1.82) is 0 Å². The molecule has 7 aromatic carbocycles. The predicted molar refractivity (Wildman–Crippen MR) is 174 cm³/mol. The van der Waals surface area contributed by atoms with Gasteiger partial charge in [-0.05, 0) is 85.6 Å². The van der Waals surface area contributed by atoms with Crippen LogP contribution >= 0.6 is 0 Å². The number of hydrogen-bond acceptors (Lipinski definition) is 2. The van der Waals surface area contributed by atoms with Crippen LogP contribution in [0.5, 0.6) is 0 Å². The highest BCUT2D eigenvalue weighted by molar-refractivity contribution is 6.22. The number of para-hydroxylation sites is 1. The van der Waals surface area contributed by atoms with E-state index in [-0.39, 0.29) is 0 Å². The summed E-state index contributed by atoms with van der Waals surface area (Å²) in [5.41, 5.74) is 13.6. The highest BCUT2D eigenvalue weighted by atomic mass is 16.3. The van der Waals surface area contributed by atoms with Gasteiger partial charge in [0.05, 0.1) is 0 Å². The van der Waals surface area contributed by atoms with Crippen molar-refractivity contribution in [3.8, 4) is 44.5 Å². The Morgan fingerprint density at radius 1 is 0.286 bits per heavy atom. The first-order chi connectivity index (χ1) is 20.8. The minimum atomic E-state index is 0.892. The molecule has 2 aromatic heterocycles. The Bertz CT molecular complexity index is 2550. The number of benzene rings is 7. The topological polar surface area (TPSA) is 26.3 Å². The minimum Gasteiger partial charge on any atom is -0.456 e. The van der Waals surface area contributed by atoms with E-state index in [0.717, 1.165) is 55.0 Å². The first-order valence-electron chi connectivity index (χ1n) is 14.4. The average molecular weight is 535 g/mol. The lowest BCUT2D eigenvalue weighted by molar-refractivity contribution is 0.669. The molecule has 0 saturated carbocycles. The van der Waals surface area contributed by atoms with E-state index in [4.69, 9.17) is 8.83 Å². The van der Waals surface area contributed by atoms with Crippen molar-refractivity contribution in [3.05, 3.63) is 133 Å². The standard InChI is InChI=1S/C40H22O2/c1-2-9-26-25(8-1)28-12-5-13-29-27(19-20-31(26)38(28)29)30-14-7-17-37-40(30)33-22-23(18-21-35(33)42-37)24-11-6-16-36-39(24)32-10-3-4-15-34(32)41-36/h1-22H. The highest BCUT2D eigenvalue weighted by Crippen LogP contribution is 2.50. The van der Waals surface area contributed by atoms with Crippen LogP contribution in [0.4, 0.5) is 0 Å². The SMILES string of the molecule is c1ccc2c(c1)-c1cccc3c(-c4cccc5oc6ccc(-c7cccc8oc9ccccc9c78)cc6c45)ccc-2c13. The molecule has 194 valence electrons. The molecule has 1 aliphatic rings. The highest BCUT2D eigenvalue weighted by Gasteiger charge is 2.23.